The second-order valence-corrected chi connectivity index (χ2v) is 12.0. The SMILES string of the molecule is C=CCOC(=O)[C@H]1[C@H]2C(=O)N([C@H](CO)c3ccccc3)C(C(=O)N(CC=C)C(C)(C)C)C23CC(Br)[C@@H]1O3. The number of aliphatic hydroxyl groups excluding tert-OH is 1. The molecule has 3 unspecified atom stereocenters. The van der Waals surface area contributed by atoms with Crippen LogP contribution < -0.4 is 0 Å². The number of nitrogens with zero attached hydrogens (tertiary/aromatic N) is 2. The van der Waals surface area contributed by atoms with Crippen molar-refractivity contribution in [3.8, 4) is 0 Å². The van der Waals surface area contributed by atoms with Crippen molar-refractivity contribution in [1.82, 2.24) is 9.80 Å². The highest BCUT2D eigenvalue weighted by Crippen LogP contribution is 2.61. The maximum Gasteiger partial charge on any atom is 0.312 e. The summed E-state index contributed by atoms with van der Waals surface area (Å²) in [6.07, 6.45) is 2.87. The predicted molar refractivity (Wildman–Crippen MR) is 142 cm³/mol. The summed E-state index contributed by atoms with van der Waals surface area (Å²) in [7, 11) is 0. The molecule has 1 aromatic rings. The van der Waals surface area contributed by atoms with Gasteiger partial charge in [0.25, 0.3) is 0 Å². The van der Waals surface area contributed by atoms with Gasteiger partial charge in [-0.1, -0.05) is 65.0 Å². The fourth-order valence-corrected chi connectivity index (χ4v) is 7.13. The number of aliphatic hydroxyl groups is 1. The van der Waals surface area contributed by atoms with E-state index in [1.165, 1.54) is 11.0 Å². The zero-order valence-corrected chi connectivity index (χ0v) is 23.1. The van der Waals surface area contributed by atoms with Gasteiger partial charge in [-0.15, -0.1) is 6.58 Å². The second-order valence-electron chi connectivity index (χ2n) is 10.8. The molecule has 3 aliphatic rings. The highest BCUT2D eigenvalue weighted by atomic mass is 79.9. The van der Waals surface area contributed by atoms with Crippen molar-refractivity contribution in [2.24, 2.45) is 11.8 Å². The quantitative estimate of drug-likeness (QED) is 0.277. The summed E-state index contributed by atoms with van der Waals surface area (Å²) < 4.78 is 11.9. The number of likely N-dealkylation sites (tertiary alicyclic amines) is 1. The number of rotatable bonds is 9. The Bertz CT molecular complexity index is 1070. The standard InChI is InChI=1S/C28H35BrN2O6/c1-6-13-30(27(3,4)5)25(34)23-28-15-18(29)22(37-28)20(26(35)36-14-7-2)21(28)24(33)31(23)19(16-32)17-11-9-8-10-12-17/h6-12,18-23,32H,1-2,13-16H2,3-5H3/t18?,19-,20+,21+,22+,23?,28?/m1/s1. The number of esters is 1. The van der Waals surface area contributed by atoms with Crippen LogP contribution in [0.3, 0.4) is 0 Å². The zero-order valence-electron chi connectivity index (χ0n) is 21.5. The van der Waals surface area contributed by atoms with E-state index in [9.17, 15) is 19.5 Å². The van der Waals surface area contributed by atoms with E-state index in [4.69, 9.17) is 9.47 Å². The molecule has 0 aliphatic carbocycles. The minimum absolute atomic E-state index is 0.00933. The zero-order chi connectivity index (χ0) is 27.1. The molecule has 7 atom stereocenters. The molecule has 2 bridgehead atoms. The van der Waals surface area contributed by atoms with Crippen LogP contribution in [0.15, 0.2) is 55.6 Å². The molecule has 2 amide bonds. The van der Waals surface area contributed by atoms with Gasteiger partial charge in [0.05, 0.1) is 30.6 Å². The molecule has 3 aliphatic heterocycles. The van der Waals surface area contributed by atoms with Gasteiger partial charge in [0.1, 0.15) is 18.2 Å². The third-order valence-corrected chi connectivity index (χ3v) is 8.50. The van der Waals surface area contributed by atoms with E-state index >= 15 is 0 Å². The molecule has 200 valence electrons. The molecule has 9 heteroatoms. The highest BCUT2D eigenvalue weighted by molar-refractivity contribution is 9.09. The molecule has 3 saturated heterocycles. The van der Waals surface area contributed by atoms with E-state index in [2.05, 4.69) is 29.1 Å². The Morgan fingerprint density at radius 1 is 1.30 bits per heavy atom. The van der Waals surface area contributed by atoms with E-state index in [0.29, 0.717) is 12.0 Å². The van der Waals surface area contributed by atoms with Crippen molar-refractivity contribution in [2.45, 2.75) is 61.3 Å². The molecule has 37 heavy (non-hydrogen) atoms. The average Bonchev–Trinajstić information content (AvgIpc) is 3.45. The van der Waals surface area contributed by atoms with Gasteiger partial charge in [0, 0.05) is 16.9 Å². The molecule has 4 rings (SSSR count). The van der Waals surface area contributed by atoms with Gasteiger partial charge in [0.2, 0.25) is 11.8 Å². The van der Waals surface area contributed by atoms with E-state index in [-0.39, 0.29) is 23.9 Å². The second kappa shape index (κ2) is 10.3. The van der Waals surface area contributed by atoms with Crippen LogP contribution in [0.1, 0.15) is 38.8 Å². The summed E-state index contributed by atoms with van der Waals surface area (Å²) in [6.45, 7) is 13.1. The van der Waals surface area contributed by atoms with E-state index in [0.717, 1.165) is 0 Å². The average molecular weight is 576 g/mol. The fourth-order valence-electron chi connectivity index (χ4n) is 6.19. The summed E-state index contributed by atoms with van der Waals surface area (Å²) in [5, 5.41) is 10.5. The molecule has 1 aromatic carbocycles. The van der Waals surface area contributed by atoms with Crippen molar-refractivity contribution in [3.05, 3.63) is 61.2 Å². The smallest absolute Gasteiger partial charge is 0.312 e. The maximum absolute atomic E-state index is 14.4. The first-order chi connectivity index (χ1) is 17.5. The number of halogens is 1. The Labute approximate surface area is 226 Å². The number of benzene rings is 1. The van der Waals surface area contributed by atoms with Crippen LogP contribution in [0.25, 0.3) is 0 Å². The van der Waals surface area contributed by atoms with Crippen molar-refractivity contribution in [3.63, 3.8) is 0 Å². The van der Waals surface area contributed by atoms with Gasteiger partial charge in [0.15, 0.2) is 0 Å². The van der Waals surface area contributed by atoms with Crippen molar-refractivity contribution >= 4 is 33.7 Å². The topological polar surface area (TPSA) is 96.4 Å². The van der Waals surface area contributed by atoms with Gasteiger partial charge in [-0.05, 0) is 32.8 Å². The Hall–Kier alpha value is -2.49. The lowest BCUT2D eigenvalue weighted by atomic mass is 9.70. The third-order valence-electron chi connectivity index (χ3n) is 7.66. The van der Waals surface area contributed by atoms with Crippen LogP contribution >= 0.6 is 15.9 Å². The lowest BCUT2D eigenvalue weighted by Crippen LogP contribution is -2.60. The molecule has 0 aromatic heterocycles. The Morgan fingerprint density at radius 2 is 1.97 bits per heavy atom. The number of alkyl halides is 1. The summed E-state index contributed by atoms with van der Waals surface area (Å²) in [6, 6.07) is 7.26. The van der Waals surface area contributed by atoms with Gasteiger partial charge < -0.3 is 24.4 Å². The van der Waals surface area contributed by atoms with Crippen LogP contribution in [-0.2, 0) is 23.9 Å². The molecule has 1 spiro atoms. The molecular formula is C28H35BrN2O6. The minimum Gasteiger partial charge on any atom is -0.461 e. The first kappa shape index (κ1) is 27.5. The predicted octanol–water partition coefficient (Wildman–Crippen LogP) is 3.01. The highest BCUT2D eigenvalue weighted by Gasteiger charge is 2.77. The van der Waals surface area contributed by atoms with Gasteiger partial charge in [-0.25, -0.2) is 0 Å². The molecule has 0 radical (unpaired) electrons. The number of hydrogen-bond donors (Lipinski definition) is 1. The van der Waals surface area contributed by atoms with Crippen LogP contribution in [0.2, 0.25) is 0 Å². The number of hydrogen-bond acceptors (Lipinski definition) is 6. The number of carbonyl (C=O) groups excluding carboxylic acids is 3. The first-order valence-electron chi connectivity index (χ1n) is 12.5. The molecule has 8 nitrogen and oxygen atoms in total. The summed E-state index contributed by atoms with van der Waals surface area (Å²) in [4.78, 5) is 44.8. The third kappa shape index (κ3) is 4.45. The molecule has 1 N–H and O–H groups in total. The van der Waals surface area contributed by atoms with E-state index in [1.54, 1.807) is 11.0 Å². The maximum atomic E-state index is 14.4. The van der Waals surface area contributed by atoms with Crippen LogP contribution in [0.4, 0.5) is 0 Å². The van der Waals surface area contributed by atoms with Gasteiger partial charge in [-0.2, -0.15) is 0 Å². The molecule has 0 saturated carbocycles. The molecular weight excluding hydrogens is 540 g/mol. The minimum atomic E-state index is -1.25. The lowest BCUT2D eigenvalue weighted by Gasteiger charge is -2.43. The normalized spacial score (nSPS) is 31.1. The fraction of sp³-hybridized carbons (Fsp3) is 0.536. The Morgan fingerprint density at radius 3 is 2.54 bits per heavy atom. The Balaban J connectivity index is 1.87. The summed E-state index contributed by atoms with van der Waals surface area (Å²) in [5.74, 6) is -3.06. The van der Waals surface area contributed by atoms with Gasteiger partial charge >= 0.3 is 5.97 Å². The monoisotopic (exact) mass is 574 g/mol. The Kier molecular flexibility index (Phi) is 7.70. The van der Waals surface area contributed by atoms with Crippen LogP contribution in [-0.4, -0.2) is 80.6 Å². The summed E-state index contributed by atoms with van der Waals surface area (Å²) >= 11 is 3.65. The van der Waals surface area contributed by atoms with Crippen LogP contribution in [0.5, 0.6) is 0 Å². The van der Waals surface area contributed by atoms with E-state index in [1.807, 2.05) is 51.1 Å². The number of carbonyl (C=O) groups is 3. The number of fused-ring (bicyclic) bond motifs is 1. The number of amides is 2. The largest absolute Gasteiger partial charge is 0.461 e. The van der Waals surface area contributed by atoms with Crippen LogP contribution in [0, 0.1) is 11.8 Å². The first-order valence-corrected chi connectivity index (χ1v) is 13.4. The molecule has 3 heterocycles. The lowest BCUT2D eigenvalue weighted by molar-refractivity contribution is -0.157. The van der Waals surface area contributed by atoms with Crippen molar-refractivity contribution in [2.75, 3.05) is 19.8 Å². The van der Waals surface area contributed by atoms with E-state index < -0.39 is 59.6 Å². The van der Waals surface area contributed by atoms with Crippen molar-refractivity contribution in [1.29, 1.82) is 0 Å². The van der Waals surface area contributed by atoms with Gasteiger partial charge in [-0.3, -0.25) is 14.4 Å². The van der Waals surface area contributed by atoms with Crippen molar-refractivity contribution < 1.29 is 29.0 Å². The molecule has 3 fully saturated rings. The summed E-state index contributed by atoms with van der Waals surface area (Å²) in [5.41, 5.74) is -1.14. The number of ether oxygens (including phenoxy) is 2.